The molecule has 0 spiro atoms. The highest BCUT2D eigenvalue weighted by Crippen LogP contribution is 2.00. The largest absolute Gasteiger partial charge is 0.315 e. The van der Waals surface area contributed by atoms with Crippen molar-refractivity contribution >= 4 is 0 Å². The molecule has 18 heavy (non-hydrogen) atoms. The second-order valence-electron chi connectivity index (χ2n) is 5.18. The van der Waals surface area contributed by atoms with Crippen molar-refractivity contribution in [1.29, 1.82) is 0 Å². The molecule has 1 heterocycles. The fraction of sp³-hybridized carbons (Fsp3) is 1.00. The molecule has 0 saturated carbocycles. The molecule has 1 saturated heterocycles. The van der Waals surface area contributed by atoms with Crippen LogP contribution in [0.15, 0.2) is 0 Å². The van der Waals surface area contributed by atoms with Gasteiger partial charge in [-0.2, -0.15) is 0 Å². The van der Waals surface area contributed by atoms with Crippen molar-refractivity contribution in [2.45, 2.75) is 26.7 Å². The van der Waals surface area contributed by atoms with Crippen LogP contribution in [-0.2, 0) is 0 Å². The molecule has 0 aromatic heterocycles. The molecule has 0 aromatic rings. The number of hydrogen-bond acceptors (Lipinski definition) is 4. The highest BCUT2D eigenvalue weighted by molar-refractivity contribution is 4.72. The van der Waals surface area contributed by atoms with Crippen LogP contribution in [0.3, 0.4) is 0 Å². The first kappa shape index (κ1) is 15.9. The maximum atomic E-state index is 3.48. The molecule has 1 fully saturated rings. The molecule has 0 aromatic carbocycles. The topological polar surface area (TPSA) is 30.5 Å². The normalized spacial score (nSPS) is 18.3. The molecule has 0 unspecified atom stereocenters. The van der Waals surface area contributed by atoms with Crippen molar-refractivity contribution in [1.82, 2.24) is 20.4 Å². The van der Waals surface area contributed by atoms with E-state index in [4.69, 9.17) is 0 Å². The third-order valence-electron chi connectivity index (χ3n) is 3.53. The molecule has 0 bridgehead atoms. The lowest BCUT2D eigenvalue weighted by Crippen LogP contribution is -2.49. The molecule has 4 heteroatoms. The van der Waals surface area contributed by atoms with Gasteiger partial charge in [0.2, 0.25) is 0 Å². The van der Waals surface area contributed by atoms with Crippen LogP contribution in [0.2, 0.25) is 0 Å². The molecule has 0 aliphatic carbocycles. The van der Waals surface area contributed by atoms with Gasteiger partial charge in [0, 0.05) is 52.4 Å². The maximum Gasteiger partial charge on any atom is 0.0110 e. The molecule has 0 atom stereocenters. The minimum atomic E-state index is 1.14. The van der Waals surface area contributed by atoms with Crippen molar-refractivity contribution in [2.75, 3.05) is 65.4 Å². The van der Waals surface area contributed by atoms with Crippen molar-refractivity contribution in [3.8, 4) is 0 Å². The summed E-state index contributed by atoms with van der Waals surface area (Å²) in [6.07, 6.45) is 2.47. The zero-order valence-corrected chi connectivity index (χ0v) is 12.4. The Bertz CT molecular complexity index is 159. The van der Waals surface area contributed by atoms with Gasteiger partial charge in [-0.3, -0.25) is 9.80 Å². The molecular formula is C14H32N4. The van der Waals surface area contributed by atoms with Gasteiger partial charge in [-0.25, -0.2) is 0 Å². The van der Waals surface area contributed by atoms with E-state index < -0.39 is 0 Å². The summed E-state index contributed by atoms with van der Waals surface area (Å²) in [6, 6.07) is 0. The molecule has 1 aliphatic heterocycles. The van der Waals surface area contributed by atoms with Crippen LogP contribution in [0.4, 0.5) is 0 Å². The predicted molar refractivity (Wildman–Crippen MR) is 79.2 cm³/mol. The van der Waals surface area contributed by atoms with Crippen LogP contribution in [0, 0.1) is 0 Å². The molecule has 1 rings (SSSR count). The van der Waals surface area contributed by atoms with Crippen molar-refractivity contribution in [3.63, 3.8) is 0 Å². The Kier molecular flexibility index (Phi) is 9.48. The summed E-state index contributed by atoms with van der Waals surface area (Å²) in [7, 11) is 0. The zero-order valence-electron chi connectivity index (χ0n) is 12.4. The van der Waals surface area contributed by atoms with Gasteiger partial charge in [0.15, 0.2) is 0 Å². The minimum Gasteiger partial charge on any atom is -0.315 e. The van der Waals surface area contributed by atoms with Crippen LogP contribution < -0.4 is 10.6 Å². The average molecular weight is 256 g/mol. The number of nitrogens with zero attached hydrogens (tertiary/aromatic N) is 2. The van der Waals surface area contributed by atoms with E-state index in [0.29, 0.717) is 0 Å². The first-order valence-corrected chi connectivity index (χ1v) is 7.73. The van der Waals surface area contributed by atoms with E-state index in [1.807, 2.05) is 0 Å². The molecule has 2 N–H and O–H groups in total. The highest BCUT2D eigenvalue weighted by Gasteiger charge is 2.15. The highest BCUT2D eigenvalue weighted by atomic mass is 15.3. The van der Waals surface area contributed by atoms with Crippen LogP contribution in [0.1, 0.15) is 26.7 Å². The Morgan fingerprint density at radius 3 is 1.39 bits per heavy atom. The summed E-state index contributed by atoms with van der Waals surface area (Å²) in [5.74, 6) is 0. The monoisotopic (exact) mass is 256 g/mol. The number of nitrogens with one attached hydrogen (secondary N) is 2. The van der Waals surface area contributed by atoms with Gasteiger partial charge >= 0.3 is 0 Å². The smallest absolute Gasteiger partial charge is 0.0110 e. The van der Waals surface area contributed by atoms with E-state index >= 15 is 0 Å². The molecular weight excluding hydrogens is 224 g/mol. The lowest BCUT2D eigenvalue weighted by Gasteiger charge is -2.34. The summed E-state index contributed by atoms with van der Waals surface area (Å²) < 4.78 is 0. The average Bonchev–Trinajstić information content (AvgIpc) is 2.41. The SMILES string of the molecule is CCCNCCN1CCN(CCNCCC)CC1. The van der Waals surface area contributed by atoms with Crippen LogP contribution in [0.25, 0.3) is 0 Å². The van der Waals surface area contributed by atoms with Gasteiger partial charge < -0.3 is 10.6 Å². The Morgan fingerprint density at radius 1 is 0.667 bits per heavy atom. The van der Waals surface area contributed by atoms with Crippen molar-refractivity contribution in [2.24, 2.45) is 0 Å². The Morgan fingerprint density at radius 2 is 1.06 bits per heavy atom. The summed E-state index contributed by atoms with van der Waals surface area (Å²) in [4.78, 5) is 5.16. The second-order valence-corrected chi connectivity index (χ2v) is 5.18. The first-order chi connectivity index (χ1) is 8.86. The zero-order chi connectivity index (χ0) is 13.1. The van der Waals surface area contributed by atoms with E-state index in [1.54, 1.807) is 0 Å². The minimum absolute atomic E-state index is 1.14. The Balaban J connectivity index is 1.95. The lowest BCUT2D eigenvalue weighted by molar-refractivity contribution is 0.134. The second kappa shape index (κ2) is 10.7. The van der Waals surface area contributed by atoms with Gasteiger partial charge in [-0.1, -0.05) is 13.8 Å². The van der Waals surface area contributed by atoms with Crippen molar-refractivity contribution < 1.29 is 0 Å². The predicted octanol–water partition coefficient (Wildman–Crippen LogP) is 0.603. The van der Waals surface area contributed by atoms with E-state index in [2.05, 4.69) is 34.3 Å². The van der Waals surface area contributed by atoms with Gasteiger partial charge in [0.1, 0.15) is 0 Å². The number of rotatable bonds is 10. The summed E-state index contributed by atoms with van der Waals surface area (Å²) in [5, 5.41) is 6.95. The van der Waals surface area contributed by atoms with Gasteiger partial charge in [0.25, 0.3) is 0 Å². The molecule has 0 radical (unpaired) electrons. The van der Waals surface area contributed by atoms with E-state index in [1.165, 1.54) is 52.1 Å². The summed E-state index contributed by atoms with van der Waals surface area (Å²) >= 11 is 0. The fourth-order valence-corrected chi connectivity index (χ4v) is 2.31. The Labute approximate surface area is 113 Å². The van der Waals surface area contributed by atoms with Gasteiger partial charge in [0.05, 0.1) is 0 Å². The van der Waals surface area contributed by atoms with Crippen molar-refractivity contribution in [3.05, 3.63) is 0 Å². The number of piperazine rings is 1. The molecule has 1 aliphatic rings. The van der Waals surface area contributed by atoms with Gasteiger partial charge in [-0.05, 0) is 25.9 Å². The third-order valence-corrected chi connectivity index (χ3v) is 3.53. The van der Waals surface area contributed by atoms with Crippen LogP contribution in [0.5, 0.6) is 0 Å². The van der Waals surface area contributed by atoms with Crippen LogP contribution in [-0.4, -0.2) is 75.2 Å². The summed E-state index contributed by atoms with van der Waals surface area (Å²) in [6.45, 7) is 16.4. The van der Waals surface area contributed by atoms with Gasteiger partial charge in [-0.15, -0.1) is 0 Å². The first-order valence-electron chi connectivity index (χ1n) is 7.73. The maximum absolute atomic E-state index is 3.48. The molecule has 4 nitrogen and oxygen atoms in total. The third kappa shape index (κ3) is 7.31. The van der Waals surface area contributed by atoms with E-state index in [0.717, 1.165) is 26.2 Å². The fourth-order valence-electron chi connectivity index (χ4n) is 2.31. The van der Waals surface area contributed by atoms with E-state index in [9.17, 15) is 0 Å². The Hall–Kier alpha value is -0.160. The number of hydrogen-bond donors (Lipinski definition) is 2. The molecule has 0 amide bonds. The molecule has 108 valence electrons. The quantitative estimate of drug-likeness (QED) is 0.561. The van der Waals surface area contributed by atoms with E-state index in [-0.39, 0.29) is 0 Å². The summed E-state index contributed by atoms with van der Waals surface area (Å²) in [5.41, 5.74) is 0. The van der Waals surface area contributed by atoms with Crippen LogP contribution >= 0.6 is 0 Å². The lowest BCUT2D eigenvalue weighted by atomic mass is 10.3. The standard InChI is InChI=1S/C14H32N4/c1-3-5-15-7-9-17-11-13-18(14-12-17)10-8-16-6-4-2/h15-16H,3-14H2,1-2H3.